The van der Waals surface area contributed by atoms with Crippen LogP contribution in [0.1, 0.15) is 11.5 Å². The lowest BCUT2D eigenvalue weighted by Crippen LogP contribution is -1.98. The van der Waals surface area contributed by atoms with Crippen molar-refractivity contribution in [3.63, 3.8) is 0 Å². The van der Waals surface area contributed by atoms with Gasteiger partial charge < -0.3 is 19.3 Å². The number of rotatable bonds is 9. The highest BCUT2D eigenvalue weighted by atomic mass is 32.2. The predicted molar refractivity (Wildman–Crippen MR) is 116 cm³/mol. The summed E-state index contributed by atoms with van der Waals surface area (Å²) in [5.41, 5.74) is 1.67. The van der Waals surface area contributed by atoms with E-state index in [1.807, 2.05) is 12.1 Å². The van der Waals surface area contributed by atoms with Gasteiger partial charge in [0, 0.05) is 12.6 Å². The summed E-state index contributed by atoms with van der Waals surface area (Å²) in [6.07, 6.45) is 0. The van der Waals surface area contributed by atoms with Gasteiger partial charge in [-0.2, -0.15) is 4.98 Å². The second kappa shape index (κ2) is 9.75. The number of hydrogen-bond donors (Lipinski definition) is 1. The van der Waals surface area contributed by atoms with Crippen LogP contribution in [-0.4, -0.2) is 34.6 Å². The highest BCUT2D eigenvalue weighted by molar-refractivity contribution is 8.00. The number of halogens is 1. The number of aromatic nitrogens is 4. The van der Waals surface area contributed by atoms with Crippen LogP contribution in [-0.2, 0) is 12.3 Å². The van der Waals surface area contributed by atoms with E-state index in [0.29, 0.717) is 46.2 Å². The van der Waals surface area contributed by atoms with Crippen molar-refractivity contribution < 1.29 is 18.4 Å². The van der Waals surface area contributed by atoms with Gasteiger partial charge in [-0.15, -0.1) is 10.2 Å². The Labute approximate surface area is 185 Å². The van der Waals surface area contributed by atoms with Crippen molar-refractivity contribution in [1.82, 2.24) is 20.3 Å². The molecule has 2 aromatic heterocycles. The van der Waals surface area contributed by atoms with Gasteiger partial charge in [0.15, 0.2) is 4.34 Å². The Morgan fingerprint density at radius 2 is 1.94 bits per heavy atom. The van der Waals surface area contributed by atoms with Crippen LogP contribution >= 0.6 is 23.1 Å². The molecule has 2 aromatic carbocycles. The van der Waals surface area contributed by atoms with Gasteiger partial charge in [-0.25, -0.2) is 4.39 Å². The van der Waals surface area contributed by atoms with Gasteiger partial charge >= 0.3 is 0 Å². The zero-order valence-corrected chi connectivity index (χ0v) is 18.3. The lowest BCUT2D eigenvalue weighted by Gasteiger charge is -2.07. The molecule has 1 N–H and O–H groups in total. The Kier molecular flexibility index (Phi) is 6.63. The van der Waals surface area contributed by atoms with Crippen molar-refractivity contribution in [3.8, 4) is 22.9 Å². The minimum atomic E-state index is -0.257. The number of methoxy groups -OCH3 is 2. The van der Waals surface area contributed by atoms with E-state index in [0.717, 1.165) is 9.90 Å². The number of nitrogens with one attached hydrogen (secondary N) is 1. The van der Waals surface area contributed by atoms with Crippen LogP contribution in [0.15, 0.2) is 51.3 Å². The summed E-state index contributed by atoms with van der Waals surface area (Å²) >= 11 is 2.87. The van der Waals surface area contributed by atoms with Gasteiger partial charge in [0.25, 0.3) is 0 Å². The van der Waals surface area contributed by atoms with Crippen molar-refractivity contribution in [1.29, 1.82) is 0 Å². The van der Waals surface area contributed by atoms with Gasteiger partial charge in [-0.3, -0.25) is 0 Å². The molecule has 4 rings (SSSR count). The first-order chi connectivity index (χ1) is 15.1. The topological polar surface area (TPSA) is 95.2 Å². The fraction of sp³-hybridized carbons (Fsp3) is 0.200. The molecular weight excluding hydrogens is 441 g/mol. The van der Waals surface area contributed by atoms with E-state index in [4.69, 9.17) is 14.0 Å². The lowest BCUT2D eigenvalue weighted by atomic mass is 10.2. The first kappa shape index (κ1) is 21.1. The van der Waals surface area contributed by atoms with Crippen LogP contribution in [0.5, 0.6) is 11.5 Å². The number of hydrogen-bond acceptors (Lipinski definition) is 10. The van der Waals surface area contributed by atoms with Crippen LogP contribution in [0.25, 0.3) is 11.4 Å². The lowest BCUT2D eigenvalue weighted by molar-refractivity contribution is 0.388. The minimum absolute atomic E-state index is 0.257. The molecule has 11 heteroatoms. The van der Waals surface area contributed by atoms with Gasteiger partial charge in [0.1, 0.15) is 17.3 Å². The number of benzene rings is 2. The molecule has 0 spiro atoms. The van der Waals surface area contributed by atoms with Gasteiger partial charge in [0.2, 0.25) is 16.8 Å². The van der Waals surface area contributed by atoms with Crippen LogP contribution < -0.4 is 14.8 Å². The van der Waals surface area contributed by atoms with Crippen LogP contribution in [0.4, 0.5) is 9.52 Å². The molecule has 0 atom stereocenters. The SMILES string of the molecule is COc1ccc(-c2noc(CSc3nnc(NCc4ccc(F)cc4)s3)n2)c(OC)c1. The molecule has 0 amide bonds. The number of ether oxygens (including phenoxy) is 2. The fourth-order valence-corrected chi connectivity index (χ4v) is 4.23. The highest BCUT2D eigenvalue weighted by Gasteiger charge is 2.15. The molecule has 8 nitrogen and oxygen atoms in total. The molecule has 4 aromatic rings. The van der Waals surface area contributed by atoms with Crippen molar-refractivity contribution >= 4 is 28.2 Å². The Bertz CT molecular complexity index is 1150. The summed E-state index contributed by atoms with van der Waals surface area (Å²) in [4.78, 5) is 4.44. The molecule has 0 saturated heterocycles. The molecule has 0 saturated carbocycles. The summed E-state index contributed by atoms with van der Waals surface area (Å²) in [5.74, 6) is 2.38. The van der Waals surface area contributed by atoms with Crippen LogP contribution in [0.3, 0.4) is 0 Å². The van der Waals surface area contributed by atoms with E-state index >= 15 is 0 Å². The third-order valence-electron chi connectivity index (χ3n) is 4.20. The Morgan fingerprint density at radius 3 is 2.71 bits per heavy atom. The second-order valence-corrected chi connectivity index (χ2v) is 8.42. The Morgan fingerprint density at radius 1 is 1.10 bits per heavy atom. The second-order valence-electron chi connectivity index (χ2n) is 6.22. The average Bonchev–Trinajstić information content (AvgIpc) is 3.46. The third-order valence-corrected chi connectivity index (χ3v) is 6.20. The maximum absolute atomic E-state index is 13.0. The third kappa shape index (κ3) is 5.30. The molecule has 160 valence electrons. The van der Waals surface area contributed by atoms with E-state index < -0.39 is 0 Å². The maximum atomic E-state index is 13.0. The molecule has 2 heterocycles. The molecule has 0 radical (unpaired) electrons. The van der Waals surface area contributed by atoms with E-state index in [2.05, 4.69) is 25.7 Å². The summed E-state index contributed by atoms with van der Waals surface area (Å²) in [6.45, 7) is 0.538. The van der Waals surface area contributed by atoms with Gasteiger partial charge in [0.05, 0.1) is 25.5 Å². The fourth-order valence-electron chi connectivity index (χ4n) is 2.65. The van der Waals surface area contributed by atoms with Gasteiger partial charge in [-0.05, 0) is 29.8 Å². The van der Waals surface area contributed by atoms with Gasteiger partial charge in [-0.1, -0.05) is 40.4 Å². The van der Waals surface area contributed by atoms with E-state index in [-0.39, 0.29) is 5.82 Å². The quantitative estimate of drug-likeness (QED) is 0.359. The summed E-state index contributed by atoms with van der Waals surface area (Å²) < 4.78 is 29.7. The normalized spacial score (nSPS) is 10.8. The molecule has 0 aliphatic rings. The highest BCUT2D eigenvalue weighted by Crippen LogP contribution is 2.33. The maximum Gasteiger partial charge on any atom is 0.237 e. The summed E-state index contributed by atoms with van der Waals surface area (Å²) in [5, 5.41) is 16.2. The average molecular weight is 460 g/mol. The molecule has 31 heavy (non-hydrogen) atoms. The molecule has 0 bridgehead atoms. The number of nitrogens with zero attached hydrogens (tertiary/aromatic N) is 4. The van der Waals surface area contributed by atoms with E-state index in [1.54, 1.807) is 32.4 Å². The van der Waals surface area contributed by atoms with E-state index in [9.17, 15) is 4.39 Å². The van der Waals surface area contributed by atoms with Crippen molar-refractivity contribution in [2.24, 2.45) is 0 Å². The van der Waals surface area contributed by atoms with Crippen molar-refractivity contribution in [2.75, 3.05) is 19.5 Å². The monoisotopic (exact) mass is 459 g/mol. The zero-order chi connectivity index (χ0) is 21.6. The standard InChI is InChI=1S/C20H18FN5O3S2/c1-27-14-7-8-15(16(9-14)28-2)18-23-17(29-26-18)11-30-20-25-24-19(31-20)22-10-12-3-5-13(21)6-4-12/h3-9H,10-11H2,1-2H3,(H,22,24). The van der Waals surface area contributed by atoms with Crippen molar-refractivity contribution in [3.05, 3.63) is 59.7 Å². The Balaban J connectivity index is 1.34. The minimum Gasteiger partial charge on any atom is -0.497 e. The zero-order valence-electron chi connectivity index (χ0n) is 16.7. The largest absolute Gasteiger partial charge is 0.497 e. The first-order valence-corrected chi connectivity index (χ1v) is 10.9. The molecule has 0 aliphatic heterocycles. The van der Waals surface area contributed by atoms with Crippen LogP contribution in [0.2, 0.25) is 0 Å². The summed E-state index contributed by atoms with van der Waals surface area (Å²) in [6, 6.07) is 11.7. The number of thioether (sulfide) groups is 1. The Hall–Kier alpha value is -3.18. The number of anilines is 1. The van der Waals surface area contributed by atoms with E-state index in [1.165, 1.54) is 35.2 Å². The molecule has 0 fully saturated rings. The van der Waals surface area contributed by atoms with Crippen LogP contribution in [0, 0.1) is 5.82 Å². The summed E-state index contributed by atoms with van der Waals surface area (Å²) in [7, 11) is 3.17. The van der Waals surface area contributed by atoms with Crippen molar-refractivity contribution in [2.45, 2.75) is 16.6 Å². The molecule has 0 aliphatic carbocycles. The molecular formula is C20H18FN5O3S2. The predicted octanol–water partition coefficient (Wildman–Crippen LogP) is 4.65. The first-order valence-electron chi connectivity index (χ1n) is 9.14. The molecule has 0 unspecified atom stereocenters. The smallest absolute Gasteiger partial charge is 0.237 e.